The Morgan fingerprint density at radius 2 is 1.84 bits per heavy atom. The number of nitrogens with one attached hydrogen (secondary N) is 1. The Balaban J connectivity index is 1.57. The molecule has 1 N–H and O–H groups in total. The minimum atomic E-state index is -0.196. The highest BCUT2D eigenvalue weighted by atomic mass is 19.1. The van der Waals surface area contributed by atoms with Crippen molar-refractivity contribution in [3.8, 4) is 0 Å². The number of piperazine rings is 1. The zero-order valence-corrected chi connectivity index (χ0v) is 10.8. The van der Waals surface area contributed by atoms with Gasteiger partial charge in [0.2, 0.25) is 0 Å². The number of halogens is 1. The molecule has 102 valence electrons. The van der Waals surface area contributed by atoms with Crippen LogP contribution >= 0.6 is 0 Å². The molecule has 2 fully saturated rings. The van der Waals surface area contributed by atoms with Gasteiger partial charge in [0.05, 0.1) is 5.69 Å². The van der Waals surface area contributed by atoms with Crippen LogP contribution in [0.15, 0.2) is 24.3 Å². The molecule has 4 nitrogen and oxygen atoms in total. The SMILES string of the molecule is O=C(NC1CC1)N1CCN(c2ccccc2F)CC1. The quantitative estimate of drug-likeness (QED) is 0.883. The van der Waals surface area contributed by atoms with Crippen LogP contribution in [0.25, 0.3) is 0 Å². The second-order valence-corrected chi connectivity index (χ2v) is 5.15. The first-order chi connectivity index (χ1) is 9.24. The Morgan fingerprint density at radius 3 is 2.47 bits per heavy atom. The van der Waals surface area contributed by atoms with Gasteiger partial charge in [0, 0.05) is 32.2 Å². The van der Waals surface area contributed by atoms with E-state index < -0.39 is 0 Å². The molecule has 1 heterocycles. The van der Waals surface area contributed by atoms with Gasteiger partial charge in [0.1, 0.15) is 5.82 Å². The van der Waals surface area contributed by atoms with Gasteiger partial charge in [-0.05, 0) is 25.0 Å². The fourth-order valence-corrected chi connectivity index (χ4v) is 2.35. The molecule has 0 radical (unpaired) electrons. The van der Waals surface area contributed by atoms with E-state index in [4.69, 9.17) is 0 Å². The van der Waals surface area contributed by atoms with Crippen molar-refractivity contribution in [2.75, 3.05) is 31.1 Å². The van der Waals surface area contributed by atoms with Gasteiger partial charge in [-0.2, -0.15) is 0 Å². The molecule has 0 bridgehead atoms. The lowest BCUT2D eigenvalue weighted by Crippen LogP contribution is -2.52. The number of nitrogens with zero attached hydrogens (tertiary/aromatic N) is 2. The van der Waals surface area contributed by atoms with Crippen molar-refractivity contribution in [1.29, 1.82) is 0 Å². The van der Waals surface area contributed by atoms with Gasteiger partial charge in [0.25, 0.3) is 0 Å². The van der Waals surface area contributed by atoms with Gasteiger partial charge < -0.3 is 15.1 Å². The molecule has 1 aliphatic heterocycles. The summed E-state index contributed by atoms with van der Waals surface area (Å²) in [4.78, 5) is 15.7. The molecule has 2 amide bonds. The largest absolute Gasteiger partial charge is 0.366 e. The van der Waals surface area contributed by atoms with Crippen LogP contribution < -0.4 is 10.2 Å². The van der Waals surface area contributed by atoms with E-state index in [-0.39, 0.29) is 11.8 Å². The number of hydrogen-bond donors (Lipinski definition) is 1. The molecule has 5 heteroatoms. The number of benzene rings is 1. The summed E-state index contributed by atoms with van der Waals surface area (Å²) in [7, 11) is 0. The van der Waals surface area contributed by atoms with Crippen LogP contribution in [-0.4, -0.2) is 43.2 Å². The van der Waals surface area contributed by atoms with Crippen LogP contribution in [0.5, 0.6) is 0 Å². The van der Waals surface area contributed by atoms with Crippen molar-refractivity contribution in [3.63, 3.8) is 0 Å². The Labute approximate surface area is 112 Å². The highest BCUT2D eigenvalue weighted by Gasteiger charge is 2.28. The Morgan fingerprint density at radius 1 is 1.16 bits per heavy atom. The first-order valence-electron chi connectivity index (χ1n) is 6.79. The molecule has 2 aliphatic rings. The fourth-order valence-electron chi connectivity index (χ4n) is 2.35. The predicted octanol–water partition coefficient (Wildman–Crippen LogP) is 1.82. The van der Waals surface area contributed by atoms with Crippen molar-refractivity contribution in [3.05, 3.63) is 30.1 Å². The predicted molar refractivity (Wildman–Crippen MR) is 71.7 cm³/mol. The minimum Gasteiger partial charge on any atom is -0.366 e. The summed E-state index contributed by atoms with van der Waals surface area (Å²) in [6.45, 7) is 2.65. The number of amides is 2. The van der Waals surface area contributed by atoms with Gasteiger partial charge in [-0.15, -0.1) is 0 Å². The van der Waals surface area contributed by atoms with Gasteiger partial charge >= 0.3 is 6.03 Å². The molecule has 0 unspecified atom stereocenters. The minimum absolute atomic E-state index is 0.0238. The Hall–Kier alpha value is -1.78. The third-order valence-corrected chi connectivity index (χ3v) is 3.66. The smallest absolute Gasteiger partial charge is 0.317 e. The maximum atomic E-state index is 13.7. The number of carbonyl (C=O) groups excluding carboxylic acids is 1. The van der Waals surface area contributed by atoms with Crippen molar-refractivity contribution >= 4 is 11.7 Å². The lowest BCUT2D eigenvalue weighted by molar-refractivity contribution is 0.194. The third-order valence-electron chi connectivity index (χ3n) is 3.66. The second-order valence-electron chi connectivity index (χ2n) is 5.15. The number of urea groups is 1. The molecule has 1 saturated carbocycles. The zero-order chi connectivity index (χ0) is 13.2. The van der Waals surface area contributed by atoms with E-state index in [1.807, 2.05) is 15.9 Å². The molecule has 3 rings (SSSR count). The highest BCUT2D eigenvalue weighted by molar-refractivity contribution is 5.75. The average molecular weight is 263 g/mol. The highest BCUT2D eigenvalue weighted by Crippen LogP contribution is 2.21. The molecule has 0 atom stereocenters. The van der Waals surface area contributed by atoms with Gasteiger partial charge in [-0.1, -0.05) is 12.1 Å². The van der Waals surface area contributed by atoms with E-state index in [1.54, 1.807) is 12.1 Å². The summed E-state index contributed by atoms with van der Waals surface area (Å²) in [5, 5.41) is 2.98. The number of rotatable bonds is 2. The van der Waals surface area contributed by atoms with Crippen LogP contribution in [-0.2, 0) is 0 Å². The third kappa shape index (κ3) is 2.80. The standard InChI is InChI=1S/C14H18FN3O/c15-12-3-1-2-4-13(12)17-7-9-18(10-8-17)14(19)16-11-5-6-11/h1-4,11H,5-10H2,(H,16,19). The van der Waals surface area contributed by atoms with E-state index >= 15 is 0 Å². The van der Waals surface area contributed by atoms with Crippen LogP contribution in [0.3, 0.4) is 0 Å². The monoisotopic (exact) mass is 263 g/mol. The molecular formula is C14H18FN3O. The molecule has 1 aliphatic carbocycles. The summed E-state index contributed by atoms with van der Waals surface area (Å²) >= 11 is 0. The topological polar surface area (TPSA) is 35.6 Å². The zero-order valence-electron chi connectivity index (χ0n) is 10.8. The molecule has 19 heavy (non-hydrogen) atoms. The molecular weight excluding hydrogens is 245 g/mol. The van der Waals surface area contributed by atoms with Gasteiger partial charge in [-0.3, -0.25) is 0 Å². The van der Waals surface area contributed by atoms with Crippen molar-refractivity contribution in [2.45, 2.75) is 18.9 Å². The normalized spacial score (nSPS) is 19.4. The number of para-hydroxylation sites is 1. The number of hydrogen-bond acceptors (Lipinski definition) is 2. The van der Waals surface area contributed by atoms with Crippen LogP contribution in [0.4, 0.5) is 14.9 Å². The molecule has 1 aromatic rings. The summed E-state index contributed by atoms with van der Waals surface area (Å²) < 4.78 is 13.7. The first-order valence-corrected chi connectivity index (χ1v) is 6.79. The van der Waals surface area contributed by atoms with Crippen molar-refractivity contribution in [2.24, 2.45) is 0 Å². The van der Waals surface area contributed by atoms with E-state index in [0.29, 0.717) is 37.9 Å². The Kier molecular flexibility index (Phi) is 3.27. The summed E-state index contributed by atoms with van der Waals surface area (Å²) in [5.74, 6) is -0.196. The van der Waals surface area contributed by atoms with E-state index in [9.17, 15) is 9.18 Å². The summed E-state index contributed by atoms with van der Waals surface area (Å²) in [6.07, 6.45) is 2.20. The van der Waals surface area contributed by atoms with E-state index in [2.05, 4.69) is 5.32 Å². The first kappa shape index (κ1) is 12.3. The van der Waals surface area contributed by atoms with E-state index in [1.165, 1.54) is 6.07 Å². The van der Waals surface area contributed by atoms with Crippen LogP contribution in [0.1, 0.15) is 12.8 Å². The van der Waals surface area contributed by atoms with Crippen molar-refractivity contribution in [1.82, 2.24) is 10.2 Å². The fraction of sp³-hybridized carbons (Fsp3) is 0.500. The maximum Gasteiger partial charge on any atom is 0.317 e. The molecule has 1 saturated heterocycles. The maximum absolute atomic E-state index is 13.7. The van der Waals surface area contributed by atoms with Crippen molar-refractivity contribution < 1.29 is 9.18 Å². The lowest BCUT2D eigenvalue weighted by atomic mass is 10.2. The van der Waals surface area contributed by atoms with Crippen LogP contribution in [0, 0.1) is 5.82 Å². The Bertz CT molecular complexity index is 468. The van der Waals surface area contributed by atoms with E-state index in [0.717, 1.165) is 12.8 Å². The lowest BCUT2D eigenvalue weighted by Gasteiger charge is -2.36. The molecule has 1 aromatic carbocycles. The van der Waals surface area contributed by atoms with Crippen LogP contribution in [0.2, 0.25) is 0 Å². The van der Waals surface area contributed by atoms with Gasteiger partial charge in [-0.25, -0.2) is 9.18 Å². The average Bonchev–Trinajstić information content (AvgIpc) is 3.23. The number of anilines is 1. The summed E-state index contributed by atoms with van der Waals surface area (Å²) in [6, 6.07) is 7.20. The molecule has 0 aromatic heterocycles. The second kappa shape index (κ2) is 5.07. The number of carbonyl (C=O) groups is 1. The summed E-state index contributed by atoms with van der Waals surface area (Å²) in [5.41, 5.74) is 0.629. The van der Waals surface area contributed by atoms with Gasteiger partial charge in [0.15, 0.2) is 0 Å². The molecule has 0 spiro atoms.